The van der Waals surface area contributed by atoms with Gasteiger partial charge in [0.2, 0.25) is 11.8 Å². The number of hydrogen-bond donors (Lipinski definition) is 0. The molecule has 0 aliphatic rings. The predicted molar refractivity (Wildman–Crippen MR) is 75.9 cm³/mol. The molecule has 0 saturated carbocycles. The molecule has 0 bridgehead atoms. The van der Waals surface area contributed by atoms with Crippen LogP contribution in [0.3, 0.4) is 0 Å². The highest BCUT2D eigenvalue weighted by Crippen LogP contribution is 2.31. The molecule has 4 heteroatoms. The molecule has 18 heavy (non-hydrogen) atoms. The summed E-state index contributed by atoms with van der Waals surface area (Å²) in [5.41, 5.74) is 4.64. The molecule has 1 unspecified atom stereocenters. The van der Waals surface area contributed by atoms with Gasteiger partial charge in [-0.2, -0.15) is 0 Å². The maximum Gasteiger partial charge on any atom is 0.248 e. The molecule has 3 nitrogen and oxygen atoms in total. The summed E-state index contributed by atoms with van der Waals surface area (Å²) >= 11 is 3.52. The van der Waals surface area contributed by atoms with Crippen molar-refractivity contribution in [2.24, 2.45) is 0 Å². The lowest BCUT2D eigenvalue weighted by Crippen LogP contribution is -1.90. The normalized spacial score (nSPS) is 12.7. The van der Waals surface area contributed by atoms with E-state index in [9.17, 15) is 0 Å². The molecule has 96 valence electrons. The number of hydrogen-bond acceptors (Lipinski definition) is 3. The molecular formula is C14H17BrN2O. The molecule has 2 aromatic rings. The molecule has 2 rings (SSSR count). The second kappa shape index (κ2) is 5.22. The molecule has 0 aliphatic carbocycles. The Balaban J connectivity index is 2.46. The van der Waals surface area contributed by atoms with Gasteiger partial charge in [-0.3, -0.25) is 0 Å². The molecule has 0 amide bonds. The van der Waals surface area contributed by atoms with Gasteiger partial charge in [0.25, 0.3) is 0 Å². The Hall–Kier alpha value is -1.16. The third kappa shape index (κ3) is 2.48. The summed E-state index contributed by atoms with van der Waals surface area (Å²) in [6, 6.07) is 4.27. The predicted octanol–water partition coefficient (Wildman–Crippen LogP) is 4.51. The van der Waals surface area contributed by atoms with Crippen molar-refractivity contribution >= 4 is 15.9 Å². The fourth-order valence-electron chi connectivity index (χ4n) is 2.15. The van der Waals surface area contributed by atoms with Crippen molar-refractivity contribution in [1.29, 1.82) is 0 Å². The fourth-order valence-corrected chi connectivity index (χ4v) is 2.34. The highest BCUT2D eigenvalue weighted by Gasteiger charge is 2.17. The second-order valence-corrected chi connectivity index (χ2v) is 5.70. The summed E-state index contributed by atoms with van der Waals surface area (Å²) < 4.78 is 5.75. The Morgan fingerprint density at radius 3 is 2.33 bits per heavy atom. The van der Waals surface area contributed by atoms with Crippen molar-refractivity contribution in [2.45, 2.75) is 38.9 Å². The average molecular weight is 309 g/mol. The monoisotopic (exact) mass is 308 g/mol. The number of aryl methyl sites for hydroxylation is 3. The number of nitrogens with zero attached hydrogens (tertiary/aromatic N) is 2. The van der Waals surface area contributed by atoms with Crippen molar-refractivity contribution in [2.75, 3.05) is 0 Å². The molecule has 1 aromatic carbocycles. The van der Waals surface area contributed by atoms with Gasteiger partial charge in [-0.15, -0.1) is 10.2 Å². The first-order valence-electron chi connectivity index (χ1n) is 6.08. The van der Waals surface area contributed by atoms with Gasteiger partial charge >= 0.3 is 0 Å². The molecule has 0 aliphatic heterocycles. The zero-order chi connectivity index (χ0) is 13.3. The Morgan fingerprint density at radius 2 is 1.78 bits per heavy atom. The summed E-state index contributed by atoms with van der Waals surface area (Å²) in [5, 5.41) is 8.26. The van der Waals surface area contributed by atoms with Crippen LogP contribution in [-0.2, 0) is 0 Å². The van der Waals surface area contributed by atoms with E-state index in [0.717, 1.165) is 12.0 Å². The molecule has 0 spiro atoms. The summed E-state index contributed by atoms with van der Waals surface area (Å²) in [7, 11) is 0. The van der Waals surface area contributed by atoms with E-state index in [1.807, 2.05) is 0 Å². The number of rotatable bonds is 3. The summed E-state index contributed by atoms with van der Waals surface area (Å²) in [5.74, 6) is 1.25. The Morgan fingerprint density at radius 1 is 1.17 bits per heavy atom. The topological polar surface area (TPSA) is 38.9 Å². The molecule has 0 saturated heterocycles. The SMILES string of the molecule is CCC(Br)c1nnc(-c2c(C)cc(C)cc2C)o1. The Kier molecular flexibility index (Phi) is 3.85. The van der Waals surface area contributed by atoms with Gasteiger partial charge in [0.05, 0.1) is 4.83 Å². The molecule has 1 aromatic heterocycles. The molecular weight excluding hydrogens is 292 g/mol. The second-order valence-electron chi connectivity index (χ2n) is 4.59. The lowest BCUT2D eigenvalue weighted by molar-refractivity contribution is 0.500. The molecule has 0 N–H and O–H groups in total. The summed E-state index contributed by atoms with van der Waals surface area (Å²) in [6.07, 6.45) is 0.924. The zero-order valence-electron chi connectivity index (χ0n) is 11.1. The standard InChI is InChI=1S/C14H17BrN2O/c1-5-11(15)13-16-17-14(18-13)12-9(3)6-8(2)7-10(12)4/h6-7,11H,5H2,1-4H3. The molecule has 0 fully saturated rings. The lowest BCUT2D eigenvalue weighted by atomic mass is 10.00. The molecule has 0 radical (unpaired) electrons. The number of halogens is 1. The van der Waals surface area contributed by atoms with Gasteiger partial charge < -0.3 is 4.42 Å². The maximum atomic E-state index is 5.75. The van der Waals surface area contributed by atoms with Gasteiger partial charge in [0.15, 0.2) is 0 Å². The fraction of sp³-hybridized carbons (Fsp3) is 0.429. The third-order valence-corrected chi connectivity index (χ3v) is 4.00. The van der Waals surface area contributed by atoms with E-state index in [0.29, 0.717) is 11.8 Å². The van der Waals surface area contributed by atoms with Gasteiger partial charge in [-0.25, -0.2) is 0 Å². The van der Waals surface area contributed by atoms with E-state index in [-0.39, 0.29) is 4.83 Å². The van der Waals surface area contributed by atoms with Crippen molar-refractivity contribution in [3.05, 3.63) is 34.7 Å². The van der Waals surface area contributed by atoms with Crippen molar-refractivity contribution in [3.63, 3.8) is 0 Å². The zero-order valence-corrected chi connectivity index (χ0v) is 12.7. The van der Waals surface area contributed by atoms with Crippen molar-refractivity contribution in [1.82, 2.24) is 10.2 Å². The van der Waals surface area contributed by atoms with E-state index < -0.39 is 0 Å². The Bertz CT molecular complexity index is 540. The quantitative estimate of drug-likeness (QED) is 0.783. The largest absolute Gasteiger partial charge is 0.419 e. The minimum absolute atomic E-state index is 0.129. The van der Waals surface area contributed by atoms with Crippen LogP contribution in [0.5, 0.6) is 0 Å². The summed E-state index contributed by atoms with van der Waals surface area (Å²) in [6.45, 7) is 8.32. The first kappa shape index (κ1) is 13.3. The van der Waals surface area contributed by atoms with E-state index >= 15 is 0 Å². The van der Waals surface area contributed by atoms with Crippen molar-refractivity contribution < 1.29 is 4.42 Å². The highest BCUT2D eigenvalue weighted by atomic mass is 79.9. The van der Waals surface area contributed by atoms with Gasteiger partial charge in [0, 0.05) is 5.56 Å². The van der Waals surface area contributed by atoms with Crippen LogP contribution in [-0.4, -0.2) is 10.2 Å². The smallest absolute Gasteiger partial charge is 0.248 e. The maximum absolute atomic E-state index is 5.75. The van der Waals surface area contributed by atoms with Crippen LogP contribution in [0.2, 0.25) is 0 Å². The van der Waals surface area contributed by atoms with Crippen LogP contribution in [0.15, 0.2) is 16.5 Å². The first-order chi connectivity index (χ1) is 8.52. The number of aromatic nitrogens is 2. The van der Waals surface area contributed by atoms with Gasteiger partial charge in [0.1, 0.15) is 0 Å². The van der Waals surface area contributed by atoms with Crippen LogP contribution in [0.1, 0.15) is 40.8 Å². The van der Waals surface area contributed by atoms with Crippen LogP contribution < -0.4 is 0 Å². The Labute approximate surface area is 116 Å². The van der Waals surface area contributed by atoms with Crippen LogP contribution in [0.4, 0.5) is 0 Å². The van der Waals surface area contributed by atoms with Crippen LogP contribution in [0.25, 0.3) is 11.5 Å². The van der Waals surface area contributed by atoms with Gasteiger partial charge in [-0.1, -0.05) is 40.5 Å². The lowest BCUT2D eigenvalue weighted by Gasteiger charge is -2.07. The van der Waals surface area contributed by atoms with E-state index in [4.69, 9.17) is 4.42 Å². The average Bonchev–Trinajstić information content (AvgIpc) is 2.76. The first-order valence-corrected chi connectivity index (χ1v) is 7.00. The minimum atomic E-state index is 0.129. The summed E-state index contributed by atoms with van der Waals surface area (Å²) in [4.78, 5) is 0.129. The third-order valence-electron chi connectivity index (χ3n) is 2.96. The highest BCUT2D eigenvalue weighted by molar-refractivity contribution is 9.09. The van der Waals surface area contributed by atoms with Crippen molar-refractivity contribution in [3.8, 4) is 11.5 Å². The minimum Gasteiger partial charge on any atom is -0.419 e. The van der Waals surface area contributed by atoms with Crippen LogP contribution >= 0.6 is 15.9 Å². The number of alkyl halides is 1. The number of benzene rings is 1. The van der Waals surface area contributed by atoms with E-state index in [1.54, 1.807) is 0 Å². The van der Waals surface area contributed by atoms with Gasteiger partial charge in [-0.05, 0) is 38.3 Å². The van der Waals surface area contributed by atoms with Crippen LogP contribution in [0, 0.1) is 20.8 Å². The molecule has 1 heterocycles. The van der Waals surface area contributed by atoms with E-state index in [2.05, 4.69) is 66.0 Å². The molecule has 1 atom stereocenters. The van der Waals surface area contributed by atoms with E-state index in [1.165, 1.54) is 16.7 Å².